The number of allylic oxidation sites excluding steroid dienone is 1. The lowest BCUT2D eigenvalue weighted by atomic mass is 9.83. The van der Waals surface area contributed by atoms with Gasteiger partial charge < -0.3 is 15.2 Å². The first kappa shape index (κ1) is 22.1. The third kappa shape index (κ3) is 4.32. The normalized spacial score (nSPS) is 14.6. The van der Waals surface area contributed by atoms with Crippen LogP contribution >= 0.6 is 23.2 Å². The number of nitriles is 1. The van der Waals surface area contributed by atoms with Gasteiger partial charge >= 0.3 is 5.97 Å². The van der Waals surface area contributed by atoms with Crippen molar-refractivity contribution in [3.05, 3.63) is 109 Å². The smallest absolute Gasteiger partial charge is 0.343 e. The molecule has 3 aromatic rings. The van der Waals surface area contributed by atoms with E-state index < -0.39 is 16.8 Å². The van der Waals surface area contributed by atoms with Crippen molar-refractivity contribution in [1.29, 1.82) is 5.26 Å². The number of hydrogen-bond acceptors (Lipinski definition) is 7. The van der Waals surface area contributed by atoms with Gasteiger partial charge in [-0.15, -0.1) is 0 Å². The van der Waals surface area contributed by atoms with Crippen molar-refractivity contribution < 1.29 is 19.2 Å². The molecule has 1 heterocycles. The van der Waals surface area contributed by atoms with Crippen molar-refractivity contribution >= 4 is 34.9 Å². The van der Waals surface area contributed by atoms with Crippen LogP contribution in [-0.2, 0) is 0 Å². The van der Waals surface area contributed by atoms with Crippen molar-refractivity contribution in [3.8, 4) is 17.6 Å². The molecule has 33 heavy (non-hydrogen) atoms. The highest BCUT2D eigenvalue weighted by Gasteiger charge is 2.31. The summed E-state index contributed by atoms with van der Waals surface area (Å²) in [6.07, 6.45) is 0. The molecule has 3 aromatic carbocycles. The number of rotatable bonds is 4. The Balaban J connectivity index is 1.66. The van der Waals surface area contributed by atoms with Gasteiger partial charge in [-0.1, -0.05) is 35.3 Å². The van der Waals surface area contributed by atoms with Crippen LogP contribution in [0.4, 0.5) is 5.69 Å². The minimum Gasteiger partial charge on any atom is -0.440 e. The summed E-state index contributed by atoms with van der Waals surface area (Å²) in [7, 11) is 0. The molecule has 1 aliphatic heterocycles. The van der Waals surface area contributed by atoms with Crippen molar-refractivity contribution in [3.63, 3.8) is 0 Å². The summed E-state index contributed by atoms with van der Waals surface area (Å²) in [5.41, 5.74) is 7.50. The molecule has 0 aliphatic carbocycles. The van der Waals surface area contributed by atoms with Crippen LogP contribution in [0.1, 0.15) is 27.4 Å². The quantitative estimate of drug-likeness (QED) is 0.230. The summed E-state index contributed by atoms with van der Waals surface area (Å²) >= 11 is 12.2. The molecule has 164 valence electrons. The van der Waals surface area contributed by atoms with Crippen LogP contribution in [0.15, 0.2) is 72.1 Å². The highest BCUT2D eigenvalue weighted by molar-refractivity contribution is 6.42. The van der Waals surface area contributed by atoms with Crippen molar-refractivity contribution in [2.24, 2.45) is 5.73 Å². The average molecular weight is 482 g/mol. The van der Waals surface area contributed by atoms with Gasteiger partial charge in [-0.25, -0.2) is 4.79 Å². The average Bonchev–Trinajstić information content (AvgIpc) is 2.80. The summed E-state index contributed by atoms with van der Waals surface area (Å²) in [5.74, 6) is -0.884. The molecule has 0 saturated heterocycles. The van der Waals surface area contributed by atoms with Crippen LogP contribution in [0.3, 0.4) is 0 Å². The fourth-order valence-corrected chi connectivity index (χ4v) is 3.73. The molecule has 4 rings (SSSR count). The molecular formula is C23H13Cl2N3O5. The van der Waals surface area contributed by atoms with Gasteiger partial charge in [0.1, 0.15) is 23.1 Å². The number of nitro groups is 1. The number of nitrogens with two attached hydrogens (primary N) is 1. The Morgan fingerprint density at radius 1 is 1.09 bits per heavy atom. The Morgan fingerprint density at radius 2 is 1.82 bits per heavy atom. The van der Waals surface area contributed by atoms with Crippen LogP contribution in [0, 0.1) is 21.4 Å². The third-order valence-electron chi connectivity index (χ3n) is 4.99. The minimum absolute atomic E-state index is 0.0834. The zero-order chi connectivity index (χ0) is 23.7. The van der Waals surface area contributed by atoms with Gasteiger partial charge in [-0.05, 0) is 35.9 Å². The first-order valence-corrected chi connectivity index (χ1v) is 10.2. The maximum Gasteiger partial charge on any atom is 0.343 e. The van der Waals surface area contributed by atoms with Gasteiger partial charge in [0.15, 0.2) is 0 Å². The van der Waals surface area contributed by atoms with Crippen molar-refractivity contribution in [1.82, 2.24) is 0 Å². The number of fused-ring (bicyclic) bond motifs is 1. The van der Waals surface area contributed by atoms with Gasteiger partial charge in [-0.2, -0.15) is 5.26 Å². The van der Waals surface area contributed by atoms with E-state index >= 15 is 0 Å². The fraction of sp³-hybridized carbons (Fsp3) is 0.0435. The number of carbonyl (C=O) groups is 1. The molecule has 0 fully saturated rings. The number of nitro benzene ring substituents is 1. The molecule has 0 spiro atoms. The van der Waals surface area contributed by atoms with Crippen molar-refractivity contribution in [2.75, 3.05) is 0 Å². The number of halogens is 2. The molecule has 2 N–H and O–H groups in total. The lowest BCUT2D eigenvalue weighted by Crippen LogP contribution is -2.21. The molecule has 1 atom stereocenters. The van der Waals surface area contributed by atoms with E-state index in [1.54, 1.807) is 30.3 Å². The molecule has 10 heteroatoms. The Bertz CT molecular complexity index is 1360. The van der Waals surface area contributed by atoms with E-state index in [9.17, 15) is 20.2 Å². The van der Waals surface area contributed by atoms with Gasteiger partial charge in [0.25, 0.3) is 5.69 Å². The van der Waals surface area contributed by atoms with E-state index in [2.05, 4.69) is 6.07 Å². The molecule has 1 aliphatic rings. The Labute approximate surface area is 197 Å². The van der Waals surface area contributed by atoms with Gasteiger partial charge in [-0.3, -0.25) is 10.1 Å². The maximum absolute atomic E-state index is 12.4. The minimum atomic E-state index is -0.706. The molecular weight excluding hydrogens is 469 g/mol. The number of benzene rings is 3. The molecule has 1 unspecified atom stereocenters. The summed E-state index contributed by atoms with van der Waals surface area (Å²) in [4.78, 5) is 22.7. The standard InChI is InChI=1S/C23H13Cl2N3O5/c24-18-8-3-13(9-19(18)25)21-16-7-6-15(10-20(16)33-22(27)17(21)11-26)32-23(29)12-1-4-14(5-2-12)28(30)31/h1-10,21H,27H2. The predicted octanol–water partition coefficient (Wildman–Crippen LogP) is 5.34. The van der Waals surface area contributed by atoms with Crippen LogP contribution in [-0.4, -0.2) is 10.9 Å². The highest BCUT2D eigenvalue weighted by Crippen LogP contribution is 2.44. The number of nitrogens with zero attached hydrogens (tertiary/aromatic N) is 2. The van der Waals surface area contributed by atoms with E-state index in [1.807, 2.05) is 0 Å². The second-order valence-electron chi connectivity index (χ2n) is 6.99. The van der Waals surface area contributed by atoms with Crippen LogP contribution < -0.4 is 15.2 Å². The molecule has 0 amide bonds. The van der Waals surface area contributed by atoms with Gasteiger partial charge in [0.05, 0.1) is 26.4 Å². The van der Waals surface area contributed by atoms with Crippen LogP contribution in [0.2, 0.25) is 10.0 Å². The van der Waals surface area contributed by atoms with E-state index in [0.717, 1.165) is 0 Å². The summed E-state index contributed by atoms with van der Waals surface area (Å²) in [6.45, 7) is 0. The zero-order valence-electron chi connectivity index (χ0n) is 16.6. The fourth-order valence-electron chi connectivity index (χ4n) is 3.42. The molecule has 0 aromatic heterocycles. The topological polar surface area (TPSA) is 128 Å². The lowest BCUT2D eigenvalue weighted by molar-refractivity contribution is -0.384. The third-order valence-corrected chi connectivity index (χ3v) is 5.73. The maximum atomic E-state index is 12.4. The Hall–Kier alpha value is -4.06. The highest BCUT2D eigenvalue weighted by atomic mass is 35.5. The largest absolute Gasteiger partial charge is 0.440 e. The Kier molecular flexibility index (Phi) is 5.92. The predicted molar refractivity (Wildman–Crippen MR) is 120 cm³/mol. The second kappa shape index (κ2) is 8.82. The van der Waals surface area contributed by atoms with E-state index in [0.29, 0.717) is 26.9 Å². The van der Waals surface area contributed by atoms with E-state index in [4.69, 9.17) is 38.4 Å². The SMILES string of the molecule is N#CC1=C(N)Oc2cc(OC(=O)c3ccc([N+](=O)[O-])cc3)ccc2C1c1ccc(Cl)c(Cl)c1. The first-order chi connectivity index (χ1) is 15.8. The zero-order valence-corrected chi connectivity index (χ0v) is 18.1. The van der Waals surface area contributed by atoms with Gasteiger partial charge in [0, 0.05) is 23.8 Å². The van der Waals surface area contributed by atoms with Crippen LogP contribution in [0.5, 0.6) is 11.5 Å². The second-order valence-corrected chi connectivity index (χ2v) is 7.81. The molecule has 0 saturated carbocycles. The van der Waals surface area contributed by atoms with Crippen LogP contribution in [0.25, 0.3) is 0 Å². The Morgan fingerprint density at radius 3 is 2.45 bits per heavy atom. The number of esters is 1. The molecule has 8 nitrogen and oxygen atoms in total. The molecule has 0 bridgehead atoms. The lowest BCUT2D eigenvalue weighted by Gasteiger charge is -2.27. The monoisotopic (exact) mass is 481 g/mol. The van der Waals surface area contributed by atoms with E-state index in [-0.39, 0.29) is 28.5 Å². The number of carbonyl (C=O) groups excluding carboxylic acids is 1. The number of ether oxygens (including phenoxy) is 2. The first-order valence-electron chi connectivity index (χ1n) is 9.41. The summed E-state index contributed by atoms with van der Waals surface area (Å²) in [6, 6.07) is 16.8. The van der Waals surface area contributed by atoms with Crippen molar-refractivity contribution in [2.45, 2.75) is 5.92 Å². The summed E-state index contributed by atoms with van der Waals surface area (Å²) < 4.78 is 11.0. The number of non-ortho nitro benzene ring substituents is 1. The number of hydrogen-bond donors (Lipinski definition) is 1. The van der Waals surface area contributed by atoms with Gasteiger partial charge in [0.2, 0.25) is 5.88 Å². The molecule has 0 radical (unpaired) electrons. The summed E-state index contributed by atoms with van der Waals surface area (Å²) in [5, 5.41) is 21.1. The van der Waals surface area contributed by atoms with E-state index in [1.165, 1.54) is 30.3 Å².